The molecule has 0 aliphatic rings. The molecule has 0 spiro atoms. The Morgan fingerprint density at radius 1 is 1.00 bits per heavy atom. The molecule has 0 heterocycles. The van der Waals surface area contributed by atoms with Crippen LogP contribution in [0.1, 0.15) is 0 Å². The summed E-state index contributed by atoms with van der Waals surface area (Å²) in [6.07, 6.45) is 0. The van der Waals surface area contributed by atoms with Crippen LogP contribution >= 0.6 is 0 Å². The molecule has 0 aliphatic heterocycles. The Balaban J connectivity index is -0.000000125. The zero-order chi connectivity index (χ0) is 5.15. The van der Waals surface area contributed by atoms with E-state index in [2.05, 4.69) is 0 Å². The van der Waals surface area contributed by atoms with Gasteiger partial charge in [-0.1, -0.05) is 0 Å². The summed E-state index contributed by atoms with van der Waals surface area (Å²) in [6.45, 7) is 0. The molecule has 0 aliphatic carbocycles. The molecule has 0 aromatic rings. The Morgan fingerprint density at radius 2 is 1.12 bits per heavy atom. The van der Waals surface area contributed by atoms with Crippen molar-refractivity contribution in [1.82, 2.24) is 0 Å². The number of hydrogen-bond donors (Lipinski definition) is 0. The zero-order valence-electron chi connectivity index (χ0n) is 3.92. The Hall–Kier alpha value is -0.477. The third-order valence-corrected chi connectivity index (χ3v) is 0.167. The number of aliphatic carboxylic acids is 2. The third kappa shape index (κ3) is 9.10. The molecule has 5 nitrogen and oxygen atoms in total. The van der Waals surface area contributed by atoms with Crippen molar-refractivity contribution < 1.29 is 39.3 Å². The summed E-state index contributed by atoms with van der Waals surface area (Å²) in [7, 11) is 0. The third-order valence-electron chi connectivity index (χ3n) is 0.167. The molecule has 0 fully saturated rings. The number of carboxylic acids is 2. The Kier molecular flexibility index (Phi) is 12.8. The number of carbonyl (C=O) groups excluding carboxylic acids is 2. The number of carboxylic acid groups (broad SMARTS) is 2. The molecule has 0 atom stereocenters. The van der Waals surface area contributed by atoms with E-state index >= 15 is 0 Å². The minimum Gasteiger partial charge on any atom is -0.693 e. The first-order valence-corrected chi connectivity index (χ1v) is 1.07. The van der Waals surface area contributed by atoms with Crippen LogP contribution in [0.5, 0.6) is 0 Å². The number of rotatable bonds is 0. The maximum Gasteiger partial charge on any atom is 2.00 e. The van der Waals surface area contributed by atoms with Gasteiger partial charge in [-0.3, -0.25) is 0 Å². The second kappa shape index (κ2) is 6.52. The second-order valence-corrected chi connectivity index (χ2v) is 0.575. The summed E-state index contributed by atoms with van der Waals surface area (Å²) < 4.78 is 0. The van der Waals surface area contributed by atoms with Crippen LogP contribution in [0.15, 0.2) is 0 Å². The molecule has 2 N–H and O–H groups in total. The van der Waals surface area contributed by atoms with E-state index in [0.29, 0.717) is 0 Å². The summed E-state index contributed by atoms with van der Waals surface area (Å²) >= 11 is 0. The molecular weight excluding hydrogens is 167 g/mol. The quantitative estimate of drug-likeness (QED) is 0.288. The van der Waals surface area contributed by atoms with Crippen LogP contribution in [0, 0.1) is 0 Å². The maximum atomic E-state index is 8.93. The Morgan fingerprint density at radius 3 is 1.12 bits per heavy atom. The van der Waals surface area contributed by atoms with E-state index in [1.807, 2.05) is 0 Å². The standard InChI is InChI=1S/C2H2O4.H2N.Zn/c3-1(4)2(5)6;;/h(H,3,4)(H,5,6);1H2;/q;-1;+2/p-2. The van der Waals surface area contributed by atoms with Gasteiger partial charge in [-0.2, -0.15) is 0 Å². The summed E-state index contributed by atoms with van der Waals surface area (Å²) in [5, 5.41) is 17.9. The minimum absolute atomic E-state index is 0. The van der Waals surface area contributed by atoms with Crippen molar-refractivity contribution in [2.75, 3.05) is 0 Å². The van der Waals surface area contributed by atoms with Crippen LogP contribution < -0.4 is 10.2 Å². The molecular formula is C2H2NO4Zn-. The van der Waals surface area contributed by atoms with Gasteiger partial charge in [-0.15, -0.1) is 0 Å². The summed E-state index contributed by atoms with van der Waals surface area (Å²) in [5.74, 6) is -4.37. The van der Waals surface area contributed by atoms with Crippen molar-refractivity contribution in [1.29, 1.82) is 0 Å². The van der Waals surface area contributed by atoms with Gasteiger partial charge in [0, 0.05) is 0 Å². The molecule has 0 saturated carbocycles. The monoisotopic (exact) mass is 168 g/mol. The molecule has 0 aromatic heterocycles. The fourth-order valence-corrected chi connectivity index (χ4v) is 0. The van der Waals surface area contributed by atoms with Crippen molar-refractivity contribution in [3.63, 3.8) is 0 Å². The molecule has 0 saturated heterocycles. The largest absolute Gasteiger partial charge is 2.00 e. The van der Waals surface area contributed by atoms with E-state index < -0.39 is 11.9 Å². The fourth-order valence-electron chi connectivity index (χ4n) is 0. The zero-order valence-corrected chi connectivity index (χ0v) is 6.88. The summed E-state index contributed by atoms with van der Waals surface area (Å²) in [6, 6.07) is 0. The first-order chi connectivity index (χ1) is 2.64. The van der Waals surface area contributed by atoms with Gasteiger partial charge in [0.05, 0.1) is 11.9 Å². The predicted octanol–water partition coefficient (Wildman–Crippen LogP) is -2.80. The van der Waals surface area contributed by atoms with Gasteiger partial charge in [-0.05, 0) is 0 Å². The smallest absolute Gasteiger partial charge is 0.693 e. The van der Waals surface area contributed by atoms with Gasteiger partial charge in [0.2, 0.25) is 0 Å². The van der Waals surface area contributed by atoms with E-state index in [1.165, 1.54) is 0 Å². The van der Waals surface area contributed by atoms with Crippen molar-refractivity contribution in [3.05, 3.63) is 6.15 Å². The van der Waals surface area contributed by atoms with Gasteiger partial charge in [0.15, 0.2) is 0 Å². The van der Waals surface area contributed by atoms with Gasteiger partial charge in [-0.25, -0.2) is 0 Å². The van der Waals surface area contributed by atoms with Crippen LogP contribution in [0.2, 0.25) is 0 Å². The van der Waals surface area contributed by atoms with Crippen LogP contribution in [0.4, 0.5) is 0 Å². The first-order valence-electron chi connectivity index (χ1n) is 1.07. The average Bonchev–Trinajstić information content (AvgIpc) is 1.36. The summed E-state index contributed by atoms with van der Waals surface area (Å²) in [4.78, 5) is 17.9. The Bertz CT molecular complexity index is 80.0. The van der Waals surface area contributed by atoms with Gasteiger partial charge >= 0.3 is 19.5 Å². The Labute approximate surface area is 58.0 Å². The van der Waals surface area contributed by atoms with Crippen molar-refractivity contribution in [2.45, 2.75) is 0 Å². The van der Waals surface area contributed by atoms with Gasteiger partial charge in [0.25, 0.3) is 0 Å². The number of carbonyl (C=O) groups is 2. The average molecular weight is 169 g/mol. The summed E-state index contributed by atoms with van der Waals surface area (Å²) in [5.41, 5.74) is 0. The molecule has 0 unspecified atom stereocenters. The normalized spacial score (nSPS) is 5.50. The predicted molar refractivity (Wildman–Crippen MR) is 15.3 cm³/mol. The number of hydrogen-bond acceptors (Lipinski definition) is 4. The maximum absolute atomic E-state index is 8.93. The topological polar surface area (TPSA) is 114 Å². The second-order valence-electron chi connectivity index (χ2n) is 0.575. The van der Waals surface area contributed by atoms with E-state index in [1.54, 1.807) is 0 Å². The minimum atomic E-state index is -2.19. The van der Waals surface area contributed by atoms with Crippen LogP contribution in [0.25, 0.3) is 6.15 Å². The van der Waals surface area contributed by atoms with Crippen LogP contribution in [-0.4, -0.2) is 11.9 Å². The van der Waals surface area contributed by atoms with E-state index in [4.69, 9.17) is 19.8 Å². The molecule has 0 aromatic carbocycles. The van der Waals surface area contributed by atoms with E-state index in [-0.39, 0.29) is 25.6 Å². The molecule has 6 heteroatoms. The molecule has 0 amide bonds. The molecule has 0 radical (unpaired) electrons. The van der Waals surface area contributed by atoms with E-state index in [9.17, 15) is 0 Å². The van der Waals surface area contributed by atoms with Gasteiger partial charge < -0.3 is 26.0 Å². The van der Waals surface area contributed by atoms with Crippen molar-refractivity contribution >= 4 is 11.9 Å². The molecule has 0 bridgehead atoms. The SMILES string of the molecule is O=C([O-])C(=O)[O-].[NH2-].[Zn+2]. The number of nitrogens with two attached hydrogens (primary N) is 1. The molecule has 42 valence electrons. The first kappa shape index (κ1) is 15.6. The van der Waals surface area contributed by atoms with Crippen LogP contribution in [-0.2, 0) is 29.1 Å². The fraction of sp³-hybridized carbons (Fsp3) is 0. The van der Waals surface area contributed by atoms with E-state index in [0.717, 1.165) is 0 Å². The van der Waals surface area contributed by atoms with Crippen molar-refractivity contribution in [2.24, 2.45) is 0 Å². The molecule has 0 rings (SSSR count). The van der Waals surface area contributed by atoms with Crippen molar-refractivity contribution in [3.8, 4) is 0 Å². The molecule has 8 heavy (non-hydrogen) atoms. The van der Waals surface area contributed by atoms with Crippen LogP contribution in [0.3, 0.4) is 0 Å². The van der Waals surface area contributed by atoms with Gasteiger partial charge in [0.1, 0.15) is 0 Å².